The monoisotopic (exact) mass is 211 g/mol. The van der Waals surface area contributed by atoms with E-state index in [9.17, 15) is 4.79 Å². The third-order valence-corrected chi connectivity index (χ3v) is 2.49. The van der Waals surface area contributed by atoms with Gasteiger partial charge in [-0.05, 0) is 13.0 Å². The summed E-state index contributed by atoms with van der Waals surface area (Å²) in [4.78, 5) is 13.4. The molecule has 0 aliphatic heterocycles. The van der Waals surface area contributed by atoms with Crippen LogP contribution in [0.5, 0.6) is 0 Å². The van der Waals surface area contributed by atoms with Crippen LogP contribution in [0.1, 0.15) is 17.4 Å². The molecule has 15 heavy (non-hydrogen) atoms. The number of carbonyl (C=O) groups is 1. The van der Waals surface area contributed by atoms with Gasteiger partial charge in [0.05, 0.1) is 18.3 Å². The molecule has 5 heteroatoms. The van der Waals surface area contributed by atoms with Gasteiger partial charge in [-0.25, -0.2) is 0 Å². The highest BCUT2D eigenvalue weighted by Gasteiger charge is 2.19. The SMILES string of the molecule is CC(CO)N(C)C(=O)c1cc(N)cn1C. The molecular weight excluding hydrogens is 194 g/mol. The molecule has 5 nitrogen and oxygen atoms in total. The Kier molecular flexibility index (Phi) is 3.36. The predicted octanol–water partition coefficient (Wildman–Crippen LogP) is 0.0601. The van der Waals surface area contributed by atoms with E-state index in [2.05, 4.69) is 0 Å². The van der Waals surface area contributed by atoms with E-state index in [1.165, 1.54) is 4.90 Å². The summed E-state index contributed by atoms with van der Waals surface area (Å²) in [5.74, 6) is -0.143. The number of nitrogen functional groups attached to an aromatic ring is 1. The molecule has 0 saturated carbocycles. The Labute approximate surface area is 89.1 Å². The Morgan fingerprint density at radius 3 is 2.73 bits per heavy atom. The van der Waals surface area contributed by atoms with Crippen LogP contribution in [0, 0.1) is 0 Å². The minimum atomic E-state index is -0.200. The van der Waals surface area contributed by atoms with Gasteiger partial charge in [0.15, 0.2) is 0 Å². The summed E-state index contributed by atoms with van der Waals surface area (Å²) in [6, 6.07) is 1.43. The maximum Gasteiger partial charge on any atom is 0.270 e. The van der Waals surface area contributed by atoms with Crippen molar-refractivity contribution in [2.24, 2.45) is 7.05 Å². The van der Waals surface area contributed by atoms with Crippen LogP contribution in [0.2, 0.25) is 0 Å². The van der Waals surface area contributed by atoms with Gasteiger partial charge in [0, 0.05) is 20.3 Å². The van der Waals surface area contributed by atoms with Gasteiger partial charge in [0.1, 0.15) is 5.69 Å². The summed E-state index contributed by atoms with van der Waals surface area (Å²) in [5, 5.41) is 8.95. The third kappa shape index (κ3) is 2.30. The van der Waals surface area contributed by atoms with Crippen molar-refractivity contribution in [3.8, 4) is 0 Å². The van der Waals surface area contributed by atoms with Gasteiger partial charge in [-0.2, -0.15) is 0 Å². The number of aliphatic hydroxyl groups excluding tert-OH is 1. The lowest BCUT2D eigenvalue weighted by atomic mass is 10.3. The normalized spacial score (nSPS) is 12.5. The predicted molar refractivity (Wildman–Crippen MR) is 58.5 cm³/mol. The molecule has 1 rings (SSSR count). The average molecular weight is 211 g/mol. The highest BCUT2D eigenvalue weighted by atomic mass is 16.3. The summed E-state index contributed by atoms with van der Waals surface area (Å²) in [5.41, 5.74) is 6.67. The molecule has 0 spiro atoms. The number of aliphatic hydroxyl groups is 1. The molecule has 1 atom stereocenters. The molecule has 0 fully saturated rings. The number of rotatable bonds is 3. The minimum absolute atomic E-state index is 0.0534. The first kappa shape index (κ1) is 11.6. The van der Waals surface area contributed by atoms with Crippen LogP contribution in [0.3, 0.4) is 0 Å². The highest BCUT2D eigenvalue weighted by Crippen LogP contribution is 2.12. The van der Waals surface area contributed by atoms with E-state index >= 15 is 0 Å². The first-order chi connectivity index (χ1) is 6.97. The van der Waals surface area contributed by atoms with E-state index in [-0.39, 0.29) is 18.6 Å². The molecule has 0 saturated heterocycles. The fraction of sp³-hybridized carbons (Fsp3) is 0.500. The Bertz CT molecular complexity index is 360. The van der Waals surface area contributed by atoms with E-state index in [1.54, 1.807) is 37.8 Å². The third-order valence-electron chi connectivity index (χ3n) is 2.49. The average Bonchev–Trinajstić information content (AvgIpc) is 2.54. The molecule has 0 radical (unpaired) electrons. The number of aryl methyl sites for hydroxylation is 1. The van der Waals surface area contributed by atoms with Crippen molar-refractivity contribution >= 4 is 11.6 Å². The summed E-state index contributed by atoms with van der Waals surface area (Å²) < 4.78 is 1.68. The van der Waals surface area contributed by atoms with Crippen LogP contribution in [-0.4, -0.2) is 40.2 Å². The summed E-state index contributed by atoms with van der Waals surface area (Å²) in [7, 11) is 3.42. The van der Waals surface area contributed by atoms with Gasteiger partial charge >= 0.3 is 0 Å². The lowest BCUT2D eigenvalue weighted by Crippen LogP contribution is -2.38. The molecule has 1 amide bonds. The number of nitrogens with two attached hydrogens (primary N) is 1. The standard InChI is InChI=1S/C10H17N3O2/c1-7(6-14)13(3)10(15)9-4-8(11)5-12(9)2/h4-5,7,14H,6,11H2,1-3H3. The second-order valence-corrected chi connectivity index (χ2v) is 3.72. The number of carbonyl (C=O) groups excluding carboxylic acids is 1. The van der Waals surface area contributed by atoms with Crippen molar-refractivity contribution in [3.63, 3.8) is 0 Å². The molecule has 1 unspecified atom stereocenters. The molecular formula is C10H17N3O2. The van der Waals surface area contributed by atoms with Crippen molar-refractivity contribution < 1.29 is 9.90 Å². The van der Waals surface area contributed by atoms with Crippen molar-refractivity contribution in [1.82, 2.24) is 9.47 Å². The van der Waals surface area contributed by atoms with Crippen molar-refractivity contribution in [1.29, 1.82) is 0 Å². The molecule has 3 N–H and O–H groups in total. The molecule has 0 aliphatic rings. The molecule has 1 heterocycles. The van der Waals surface area contributed by atoms with E-state index in [1.807, 2.05) is 0 Å². The number of amides is 1. The number of hydrogen-bond acceptors (Lipinski definition) is 3. The second kappa shape index (κ2) is 4.35. The van der Waals surface area contributed by atoms with Crippen molar-refractivity contribution in [2.75, 3.05) is 19.4 Å². The Morgan fingerprint density at radius 2 is 2.33 bits per heavy atom. The zero-order chi connectivity index (χ0) is 11.6. The molecule has 1 aromatic rings. The molecule has 0 bridgehead atoms. The van der Waals surface area contributed by atoms with Gasteiger partial charge in [0.2, 0.25) is 0 Å². The first-order valence-corrected chi connectivity index (χ1v) is 4.77. The summed E-state index contributed by atoms with van der Waals surface area (Å²) in [6.07, 6.45) is 1.69. The minimum Gasteiger partial charge on any atom is -0.397 e. The smallest absolute Gasteiger partial charge is 0.270 e. The number of nitrogens with zero attached hydrogens (tertiary/aromatic N) is 2. The maximum absolute atomic E-state index is 11.9. The number of hydrogen-bond donors (Lipinski definition) is 2. The molecule has 0 aromatic carbocycles. The van der Waals surface area contributed by atoms with Crippen LogP contribution < -0.4 is 5.73 Å². The lowest BCUT2D eigenvalue weighted by Gasteiger charge is -2.23. The fourth-order valence-corrected chi connectivity index (χ4v) is 1.31. The van der Waals surface area contributed by atoms with Crippen LogP contribution in [0.25, 0.3) is 0 Å². The van der Waals surface area contributed by atoms with Gasteiger partial charge in [-0.3, -0.25) is 4.79 Å². The van der Waals surface area contributed by atoms with E-state index in [0.717, 1.165) is 0 Å². The van der Waals surface area contributed by atoms with E-state index in [0.29, 0.717) is 11.4 Å². The second-order valence-electron chi connectivity index (χ2n) is 3.72. The largest absolute Gasteiger partial charge is 0.397 e. The molecule has 1 aromatic heterocycles. The van der Waals surface area contributed by atoms with Crippen LogP contribution in [0.4, 0.5) is 5.69 Å². The van der Waals surface area contributed by atoms with Crippen molar-refractivity contribution in [2.45, 2.75) is 13.0 Å². The number of anilines is 1. The van der Waals surface area contributed by atoms with Gasteiger partial charge in [-0.15, -0.1) is 0 Å². The first-order valence-electron chi connectivity index (χ1n) is 4.77. The topological polar surface area (TPSA) is 71.5 Å². The molecule has 0 aliphatic carbocycles. The lowest BCUT2D eigenvalue weighted by molar-refractivity contribution is 0.0673. The highest BCUT2D eigenvalue weighted by molar-refractivity contribution is 5.93. The van der Waals surface area contributed by atoms with Gasteiger partial charge in [0.25, 0.3) is 5.91 Å². The Balaban J connectivity index is 2.89. The van der Waals surface area contributed by atoms with Crippen molar-refractivity contribution in [3.05, 3.63) is 18.0 Å². The van der Waals surface area contributed by atoms with Gasteiger partial charge in [-0.1, -0.05) is 0 Å². The quantitative estimate of drug-likeness (QED) is 0.742. The summed E-state index contributed by atoms with van der Waals surface area (Å²) in [6.45, 7) is 1.73. The van der Waals surface area contributed by atoms with Crippen LogP contribution >= 0.6 is 0 Å². The zero-order valence-electron chi connectivity index (χ0n) is 9.27. The van der Waals surface area contributed by atoms with E-state index < -0.39 is 0 Å². The van der Waals surface area contributed by atoms with Gasteiger partial charge < -0.3 is 20.3 Å². The Morgan fingerprint density at radius 1 is 1.73 bits per heavy atom. The fourth-order valence-electron chi connectivity index (χ4n) is 1.31. The zero-order valence-corrected chi connectivity index (χ0v) is 9.27. The van der Waals surface area contributed by atoms with E-state index in [4.69, 9.17) is 10.8 Å². The Hall–Kier alpha value is -1.49. The number of aromatic nitrogens is 1. The van der Waals surface area contributed by atoms with Crippen LogP contribution in [0.15, 0.2) is 12.3 Å². The molecule has 84 valence electrons. The van der Waals surface area contributed by atoms with Crippen LogP contribution in [-0.2, 0) is 7.05 Å². The number of likely N-dealkylation sites (N-methyl/N-ethyl adjacent to an activating group) is 1. The maximum atomic E-state index is 11.9. The summed E-state index contributed by atoms with van der Waals surface area (Å²) >= 11 is 0.